The minimum absolute atomic E-state index is 0.0215. The lowest BCUT2D eigenvalue weighted by atomic mass is 9.99. The van der Waals surface area contributed by atoms with Crippen LogP contribution in [0.2, 0.25) is 5.02 Å². The minimum Gasteiger partial charge on any atom is -0.334 e. The molecule has 0 atom stereocenters. The van der Waals surface area contributed by atoms with Gasteiger partial charge in [-0.25, -0.2) is 0 Å². The Hall–Kier alpha value is -1.80. The van der Waals surface area contributed by atoms with Crippen molar-refractivity contribution in [2.75, 3.05) is 6.54 Å². The van der Waals surface area contributed by atoms with Gasteiger partial charge in [-0.1, -0.05) is 47.5 Å². The molecule has 1 amide bonds. The van der Waals surface area contributed by atoms with Gasteiger partial charge in [0.05, 0.1) is 10.6 Å². The van der Waals surface area contributed by atoms with E-state index < -0.39 is 0 Å². The Morgan fingerprint density at radius 2 is 1.90 bits per heavy atom. The fourth-order valence-electron chi connectivity index (χ4n) is 2.64. The molecule has 0 bridgehead atoms. The number of nitrogens with zero attached hydrogens (tertiary/aromatic N) is 1. The Bertz CT molecular complexity index is 666. The Labute approximate surface area is 124 Å². The monoisotopic (exact) mass is 285 g/mol. The number of fused-ring (bicyclic) bond motifs is 1. The molecule has 0 aromatic heterocycles. The van der Waals surface area contributed by atoms with Crippen molar-refractivity contribution in [1.82, 2.24) is 4.90 Å². The molecule has 0 saturated carbocycles. The van der Waals surface area contributed by atoms with Crippen LogP contribution in [0.1, 0.15) is 27.0 Å². The van der Waals surface area contributed by atoms with E-state index in [1.165, 1.54) is 11.1 Å². The van der Waals surface area contributed by atoms with Crippen molar-refractivity contribution < 1.29 is 4.79 Å². The molecule has 0 radical (unpaired) electrons. The molecule has 0 fully saturated rings. The summed E-state index contributed by atoms with van der Waals surface area (Å²) in [4.78, 5) is 14.5. The molecule has 1 heterocycles. The van der Waals surface area contributed by atoms with Crippen LogP contribution in [-0.2, 0) is 13.0 Å². The van der Waals surface area contributed by atoms with E-state index in [0.717, 1.165) is 18.5 Å². The number of carbonyl (C=O) groups is 1. The van der Waals surface area contributed by atoms with E-state index >= 15 is 0 Å². The van der Waals surface area contributed by atoms with E-state index in [4.69, 9.17) is 11.6 Å². The molecule has 3 rings (SSSR count). The van der Waals surface area contributed by atoms with Crippen molar-refractivity contribution in [1.29, 1.82) is 0 Å². The summed E-state index contributed by atoms with van der Waals surface area (Å²) in [6, 6.07) is 13.9. The second-order valence-electron chi connectivity index (χ2n) is 5.23. The van der Waals surface area contributed by atoms with E-state index in [0.29, 0.717) is 17.1 Å². The third-order valence-corrected chi connectivity index (χ3v) is 4.10. The Balaban J connectivity index is 1.88. The van der Waals surface area contributed by atoms with Crippen LogP contribution < -0.4 is 0 Å². The van der Waals surface area contributed by atoms with Crippen molar-refractivity contribution in [2.24, 2.45) is 0 Å². The summed E-state index contributed by atoms with van der Waals surface area (Å²) in [5.41, 5.74) is 4.23. The van der Waals surface area contributed by atoms with Crippen LogP contribution in [0.3, 0.4) is 0 Å². The zero-order valence-electron chi connectivity index (χ0n) is 11.4. The summed E-state index contributed by atoms with van der Waals surface area (Å²) in [5, 5.41) is 0.527. The number of carbonyl (C=O) groups excluding carboxylic acids is 1. The number of aryl methyl sites for hydroxylation is 1. The first-order valence-electron chi connectivity index (χ1n) is 6.77. The fraction of sp³-hybridized carbons (Fsp3) is 0.235. The molecule has 1 aliphatic heterocycles. The van der Waals surface area contributed by atoms with E-state index in [9.17, 15) is 4.79 Å². The van der Waals surface area contributed by atoms with Gasteiger partial charge in [-0.3, -0.25) is 4.79 Å². The number of hydrogen-bond donors (Lipinski definition) is 0. The fourth-order valence-corrected chi connectivity index (χ4v) is 2.84. The molecule has 102 valence electrons. The first-order chi connectivity index (χ1) is 9.65. The molecule has 2 aromatic carbocycles. The molecule has 20 heavy (non-hydrogen) atoms. The van der Waals surface area contributed by atoms with Crippen molar-refractivity contribution >= 4 is 17.5 Å². The molecular formula is C17H16ClNO. The molecular weight excluding hydrogens is 270 g/mol. The summed E-state index contributed by atoms with van der Waals surface area (Å²) in [6.45, 7) is 3.39. The largest absolute Gasteiger partial charge is 0.334 e. The zero-order chi connectivity index (χ0) is 14.1. The average molecular weight is 286 g/mol. The van der Waals surface area contributed by atoms with Gasteiger partial charge >= 0.3 is 0 Å². The normalized spacial score (nSPS) is 14.0. The summed E-state index contributed by atoms with van der Waals surface area (Å²) in [6.07, 6.45) is 0.908. The van der Waals surface area contributed by atoms with Crippen LogP contribution in [0.4, 0.5) is 0 Å². The third kappa shape index (κ3) is 2.44. The van der Waals surface area contributed by atoms with E-state index in [-0.39, 0.29) is 5.91 Å². The van der Waals surface area contributed by atoms with Crippen LogP contribution in [-0.4, -0.2) is 17.4 Å². The molecule has 0 aliphatic carbocycles. The van der Waals surface area contributed by atoms with E-state index in [1.807, 2.05) is 36.1 Å². The first-order valence-corrected chi connectivity index (χ1v) is 7.15. The molecule has 0 saturated heterocycles. The van der Waals surface area contributed by atoms with Crippen LogP contribution in [0.15, 0.2) is 42.5 Å². The third-order valence-electron chi connectivity index (χ3n) is 3.77. The van der Waals surface area contributed by atoms with Gasteiger partial charge in [0.15, 0.2) is 0 Å². The average Bonchev–Trinajstić information content (AvgIpc) is 2.48. The maximum absolute atomic E-state index is 12.6. The van der Waals surface area contributed by atoms with Crippen LogP contribution in [0, 0.1) is 6.92 Å². The molecule has 0 spiro atoms. The second kappa shape index (κ2) is 5.29. The zero-order valence-corrected chi connectivity index (χ0v) is 12.2. The summed E-state index contributed by atoms with van der Waals surface area (Å²) in [5.74, 6) is 0.0215. The first kappa shape index (κ1) is 13.2. The van der Waals surface area contributed by atoms with Crippen molar-refractivity contribution in [2.45, 2.75) is 19.9 Å². The van der Waals surface area contributed by atoms with Gasteiger partial charge < -0.3 is 4.90 Å². The van der Waals surface area contributed by atoms with Gasteiger partial charge in [0.25, 0.3) is 5.91 Å². The molecule has 3 heteroatoms. The SMILES string of the molecule is Cc1ccc(Cl)c(C(=O)N2CCc3ccccc3C2)c1. The standard InChI is InChI=1S/C17H16ClNO/c1-12-6-7-16(18)15(10-12)17(20)19-9-8-13-4-2-3-5-14(13)11-19/h2-7,10H,8-9,11H2,1H3. The van der Waals surface area contributed by atoms with Crippen LogP contribution >= 0.6 is 11.6 Å². The van der Waals surface area contributed by atoms with Crippen molar-refractivity contribution in [3.8, 4) is 0 Å². The number of halogens is 1. The number of hydrogen-bond acceptors (Lipinski definition) is 1. The summed E-state index contributed by atoms with van der Waals surface area (Å²) < 4.78 is 0. The topological polar surface area (TPSA) is 20.3 Å². The van der Waals surface area contributed by atoms with Gasteiger partial charge in [-0.05, 0) is 36.6 Å². The number of benzene rings is 2. The van der Waals surface area contributed by atoms with Crippen molar-refractivity contribution in [3.05, 3.63) is 69.7 Å². The lowest BCUT2D eigenvalue weighted by Gasteiger charge is -2.29. The Kier molecular flexibility index (Phi) is 3.49. The predicted molar refractivity (Wildman–Crippen MR) is 81.1 cm³/mol. The van der Waals surface area contributed by atoms with Gasteiger partial charge in [-0.15, -0.1) is 0 Å². The smallest absolute Gasteiger partial charge is 0.255 e. The molecule has 2 aromatic rings. The lowest BCUT2D eigenvalue weighted by Crippen LogP contribution is -2.36. The van der Waals surface area contributed by atoms with E-state index in [2.05, 4.69) is 12.1 Å². The van der Waals surface area contributed by atoms with Crippen molar-refractivity contribution in [3.63, 3.8) is 0 Å². The molecule has 2 nitrogen and oxygen atoms in total. The molecule has 0 unspecified atom stereocenters. The highest BCUT2D eigenvalue weighted by molar-refractivity contribution is 6.33. The Morgan fingerprint density at radius 1 is 1.15 bits per heavy atom. The maximum Gasteiger partial charge on any atom is 0.255 e. The lowest BCUT2D eigenvalue weighted by molar-refractivity contribution is 0.0735. The van der Waals surface area contributed by atoms with Gasteiger partial charge in [0, 0.05) is 13.1 Å². The van der Waals surface area contributed by atoms with Crippen LogP contribution in [0.25, 0.3) is 0 Å². The van der Waals surface area contributed by atoms with Crippen LogP contribution in [0.5, 0.6) is 0 Å². The summed E-state index contributed by atoms with van der Waals surface area (Å²) in [7, 11) is 0. The van der Waals surface area contributed by atoms with Gasteiger partial charge in [0.2, 0.25) is 0 Å². The highest BCUT2D eigenvalue weighted by Gasteiger charge is 2.23. The minimum atomic E-state index is 0.0215. The highest BCUT2D eigenvalue weighted by atomic mass is 35.5. The number of amides is 1. The second-order valence-corrected chi connectivity index (χ2v) is 5.64. The van der Waals surface area contributed by atoms with Gasteiger partial charge in [-0.2, -0.15) is 0 Å². The van der Waals surface area contributed by atoms with E-state index in [1.54, 1.807) is 6.07 Å². The maximum atomic E-state index is 12.6. The molecule has 0 N–H and O–H groups in total. The predicted octanol–water partition coefficient (Wildman–Crippen LogP) is 3.85. The number of rotatable bonds is 1. The quantitative estimate of drug-likeness (QED) is 0.779. The molecule has 1 aliphatic rings. The highest BCUT2D eigenvalue weighted by Crippen LogP contribution is 2.24. The Morgan fingerprint density at radius 3 is 2.70 bits per heavy atom. The summed E-state index contributed by atoms with van der Waals surface area (Å²) >= 11 is 6.16. The van der Waals surface area contributed by atoms with Gasteiger partial charge in [0.1, 0.15) is 0 Å².